The summed E-state index contributed by atoms with van der Waals surface area (Å²) in [6, 6.07) is 11.9. The first-order chi connectivity index (χ1) is 13.1. The van der Waals surface area contributed by atoms with Crippen LogP contribution in [-0.2, 0) is 0 Å². The Labute approximate surface area is 161 Å². The average molecular weight is 431 g/mol. The fraction of sp³-hybridized carbons (Fsp3) is 0.0588. The van der Waals surface area contributed by atoms with Gasteiger partial charge in [-0.05, 0) is 36.4 Å². The van der Waals surface area contributed by atoms with E-state index < -0.39 is 4.92 Å². The van der Waals surface area contributed by atoms with E-state index in [1.807, 2.05) is 0 Å². The smallest absolute Gasteiger partial charge is 0.373 e. The number of nitro groups is 1. The molecule has 1 N–H and O–H groups in total. The second-order valence-electron chi connectivity index (χ2n) is 5.38. The molecule has 2 aromatic carbocycles. The van der Waals surface area contributed by atoms with E-state index in [2.05, 4.69) is 31.2 Å². The topological polar surface area (TPSA) is 109 Å². The van der Waals surface area contributed by atoms with Gasteiger partial charge in [0, 0.05) is 16.2 Å². The zero-order valence-corrected chi connectivity index (χ0v) is 15.2. The molecule has 1 aliphatic rings. The number of fused-ring (bicyclic) bond motifs is 1. The Morgan fingerprint density at radius 1 is 1.11 bits per heavy atom. The Morgan fingerprint density at radius 3 is 2.67 bits per heavy atom. The molecule has 0 atom stereocenters. The van der Waals surface area contributed by atoms with E-state index in [1.54, 1.807) is 42.5 Å². The van der Waals surface area contributed by atoms with Crippen molar-refractivity contribution in [2.45, 2.75) is 0 Å². The summed E-state index contributed by atoms with van der Waals surface area (Å²) in [7, 11) is 0. The predicted octanol–water partition coefficient (Wildman–Crippen LogP) is 4.41. The van der Waals surface area contributed by atoms with Crippen LogP contribution < -0.4 is 19.5 Å². The van der Waals surface area contributed by atoms with Gasteiger partial charge in [0.1, 0.15) is 12.1 Å². The van der Waals surface area contributed by atoms with Crippen molar-refractivity contribution in [3.63, 3.8) is 0 Å². The van der Waals surface area contributed by atoms with Crippen molar-refractivity contribution in [1.29, 1.82) is 0 Å². The minimum atomic E-state index is -0.594. The van der Waals surface area contributed by atoms with Gasteiger partial charge >= 0.3 is 11.6 Å². The Morgan fingerprint density at radius 2 is 1.89 bits per heavy atom. The van der Waals surface area contributed by atoms with E-state index in [4.69, 9.17) is 14.2 Å². The van der Waals surface area contributed by atoms with Crippen molar-refractivity contribution in [1.82, 2.24) is 9.97 Å². The van der Waals surface area contributed by atoms with Crippen LogP contribution in [0, 0.1) is 10.1 Å². The van der Waals surface area contributed by atoms with Crippen molar-refractivity contribution < 1.29 is 19.1 Å². The van der Waals surface area contributed by atoms with Crippen molar-refractivity contribution in [3.05, 3.63) is 63.4 Å². The number of ether oxygens (including phenoxy) is 3. The predicted molar refractivity (Wildman–Crippen MR) is 98.8 cm³/mol. The van der Waals surface area contributed by atoms with Crippen LogP contribution in [0.25, 0.3) is 0 Å². The normalized spacial score (nSPS) is 11.9. The number of anilines is 2. The molecule has 0 saturated carbocycles. The quantitative estimate of drug-likeness (QED) is 0.468. The number of benzene rings is 2. The third-order valence-electron chi connectivity index (χ3n) is 3.63. The highest BCUT2D eigenvalue weighted by Crippen LogP contribution is 2.38. The molecule has 3 aromatic rings. The lowest BCUT2D eigenvalue weighted by Crippen LogP contribution is -2.03. The molecule has 0 spiro atoms. The summed E-state index contributed by atoms with van der Waals surface area (Å²) < 4.78 is 17.0. The summed E-state index contributed by atoms with van der Waals surface area (Å²) in [5, 5.41) is 14.5. The Balaban J connectivity index is 1.66. The van der Waals surface area contributed by atoms with Crippen molar-refractivity contribution >= 4 is 33.1 Å². The number of nitrogens with one attached hydrogen (secondary N) is 1. The summed E-state index contributed by atoms with van der Waals surface area (Å²) in [4.78, 5) is 18.9. The maximum absolute atomic E-state index is 11.6. The monoisotopic (exact) mass is 430 g/mol. The van der Waals surface area contributed by atoms with Gasteiger partial charge < -0.3 is 19.5 Å². The van der Waals surface area contributed by atoms with Gasteiger partial charge in [-0.1, -0.05) is 15.9 Å². The molecule has 1 aromatic heterocycles. The summed E-state index contributed by atoms with van der Waals surface area (Å²) in [5.41, 5.74) is 0.175. The number of hydrogen-bond donors (Lipinski definition) is 1. The number of hydrogen-bond acceptors (Lipinski definition) is 8. The minimum Gasteiger partial charge on any atom is -0.454 e. The molecule has 0 amide bonds. The van der Waals surface area contributed by atoms with E-state index in [9.17, 15) is 10.1 Å². The molecule has 0 unspecified atom stereocenters. The summed E-state index contributed by atoms with van der Waals surface area (Å²) in [5.74, 6) is 1.40. The van der Waals surface area contributed by atoms with Crippen LogP contribution in [-0.4, -0.2) is 21.7 Å². The fourth-order valence-electron chi connectivity index (χ4n) is 2.42. The highest BCUT2D eigenvalue weighted by molar-refractivity contribution is 9.10. The van der Waals surface area contributed by atoms with Crippen molar-refractivity contribution in [2.75, 3.05) is 12.1 Å². The maximum atomic E-state index is 11.6. The summed E-state index contributed by atoms with van der Waals surface area (Å²) >= 11 is 3.32. The first-order valence-electron chi connectivity index (χ1n) is 7.69. The lowest BCUT2D eigenvalue weighted by molar-refractivity contribution is -0.385. The molecular formula is C17H11BrN4O5. The van der Waals surface area contributed by atoms with Crippen LogP contribution in [0.4, 0.5) is 17.2 Å². The van der Waals surface area contributed by atoms with Crippen molar-refractivity contribution in [2.24, 2.45) is 0 Å². The van der Waals surface area contributed by atoms with Crippen LogP contribution in [0.2, 0.25) is 0 Å². The third-order valence-corrected chi connectivity index (χ3v) is 4.16. The van der Waals surface area contributed by atoms with Crippen LogP contribution in [0.1, 0.15) is 0 Å². The van der Waals surface area contributed by atoms with Crippen LogP contribution in [0.3, 0.4) is 0 Å². The van der Waals surface area contributed by atoms with Gasteiger partial charge in [0.2, 0.25) is 12.6 Å². The maximum Gasteiger partial charge on any atom is 0.373 e. The first kappa shape index (κ1) is 17.0. The van der Waals surface area contributed by atoms with Gasteiger partial charge in [-0.15, -0.1) is 0 Å². The zero-order valence-electron chi connectivity index (χ0n) is 13.6. The lowest BCUT2D eigenvalue weighted by atomic mass is 10.2. The van der Waals surface area contributed by atoms with Gasteiger partial charge in [-0.3, -0.25) is 10.1 Å². The van der Waals surface area contributed by atoms with E-state index in [0.29, 0.717) is 22.9 Å². The van der Waals surface area contributed by atoms with Crippen LogP contribution in [0.5, 0.6) is 23.1 Å². The van der Waals surface area contributed by atoms with Gasteiger partial charge in [0.25, 0.3) is 0 Å². The van der Waals surface area contributed by atoms with Crippen LogP contribution in [0.15, 0.2) is 53.3 Å². The molecule has 1 aliphatic heterocycles. The summed E-state index contributed by atoms with van der Waals surface area (Å²) in [6.45, 7) is 0.137. The van der Waals surface area contributed by atoms with Crippen molar-refractivity contribution in [3.8, 4) is 23.1 Å². The number of nitrogens with zero attached hydrogens (tertiary/aromatic N) is 3. The third kappa shape index (κ3) is 3.60. The minimum absolute atomic E-state index is 0.000905. The summed E-state index contributed by atoms with van der Waals surface area (Å²) in [6.07, 6.45) is 1.19. The molecule has 10 heteroatoms. The molecule has 136 valence electrons. The fourth-order valence-corrected chi connectivity index (χ4v) is 2.68. The molecule has 0 fully saturated rings. The standard InChI is InChI=1S/C17H11BrN4O5/c18-10-1-4-12(5-2-10)27-17-15(22(23)24)16(19-8-20-17)21-11-3-6-13-14(7-11)26-9-25-13/h1-8H,9H2,(H,19,20,21). The van der Waals surface area contributed by atoms with E-state index in [0.717, 1.165) is 4.47 Å². The van der Waals surface area contributed by atoms with Crippen LogP contribution >= 0.6 is 15.9 Å². The molecule has 4 rings (SSSR count). The van der Waals surface area contributed by atoms with E-state index in [-0.39, 0.29) is 24.2 Å². The molecule has 0 aliphatic carbocycles. The zero-order chi connectivity index (χ0) is 18.8. The number of rotatable bonds is 5. The van der Waals surface area contributed by atoms with Gasteiger partial charge in [-0.2, -0.15) is 4.98 Å². The second kappa shape index (κ2) is 7.08. The molecule has 2 heterocycles. The lowest BCUT2D eigenvalue weighted by Gasteiger charge is -2.10. The Hall–Kier alpha value is -3.40. The average Bonchev–Trinajstić information content (AvgIpc) is 3.11. The molecular weight excluding hydrogens is 420 g/mol. The highest BCUT2D eigenvalue weighted by Gasteiger charge is 2.26. The molecule has 0 radical (unpaired) electrons. The van der Waals surface area contributed by atoms with Gasteiger partial charge in [0.15, 0.2) is 11.5 Å². The van der Waals surface area contributed by atoms with E-state index >= 15 is 0 Å². The number of halogens is 1. The molecule has 27 heavy (non-hydrogen) atoms. The van der Waals surface area contributed by atoms with Gasteiger partial charge in [-0.25, -0.2) is 4.98 Å². The number of aromatic nitrogens is 2. The second-order valence-corrected chi connectivity index (χ2v) is 6.30. The van der Waals surface area contributed by atoms with E-state index in [1.165, 1.54) is 6.33 Å². The largest absolute Gasteiger partial charge is 0.454 e. The van der Waals surface area contributed by atoms with Gasteiger partial charge in [0.05, 0.1) is 4.92 Å². The molecule has 9 nitrogen and oxygen atoms in total. The Kier molecular flexibility index (Phi) is 4.47. The Bertz CT molecular complexity index is 1010. The molecule has 0 saturated heterocycles. The molecule has 0 bridgehead atoms. The first-order valence-corrected chi connectivity index (χ1v) is 8.49. The SMILES string of the molecule is O=[N+]([O-])c1c(Nc2ccc3c(c2)OCO3)ncnc1Oc1ccc(Br)cc1. The highest BCUT2D eigenvalue weighted by atomic mass is 79.9.